The second kappa shape index (κ2) is 8.56. The van der Waals surface area contributed by atoms with Crippen LogP contribution < -0.4 is 4.74 Å². The predicted octanol–water partition coefficient (Wildman–Crippen LogP) is 5.38. The third-order valence-electron chi connectivity index (χ3n) is 7.05. The SMILES string of the molecule is CC(C)(CCCCCC(=O)O)c1cc(O)c2c(c1)OC(C)(C)[C@@H]1CC=C(C(=O)O)C[C@@H]21. The van der Waals surface area contributed by atoms with Crippen LogP contribution in [0.1, 0.15) is 89.7 Å². The summed E-state index contributed by atoms with van der Waals surface area (Å²) in [5.41, 5.74) is 1.41. The number of phenols is 1. The summed E-state index contributed by atoms with van der Waals surface area (Å²) in [7, 11) is 0. The van der Waals surface area contributed by atoms with Crippen LogP contribution in [-0.4, -0.2) is 32.9 Å². The average molecular weight is 431 g/mol. The van der Waals surface area contributed by atoms with E-state index in [1.54, 1.807) is 12.1 Å². The van der Waals surface area contributed by atoms with E-state index in [2.05, 4.69) is 13.8 Å². The molecule has 0 amide bonds. The lowest BCUT2D eigenvalue weighted by Crippen LogP contribution is -2.46. The number of carboxylic acids is 2. The van der Waals surface area contributed by atoms with E-state index in [1.807, 2.05) is 19.9 Å². The minimum absolute atomic E-state index is 0.0944. The number of allylic oxidation sites excluding steroid dienone is 1. The van der Waals surface area contributed by atoms with E-state index in [1.165, 1.54) is 0 Å². The van der Waals surface area contributed by atoms with E-state index in [4.69, 9.17) is 9.84 Å². The Hall–Kier alpha value is -2.50. The fourth-order valence-electron chi connectivity index (χ4n) is 5.13. The molecule has 1 aliphatic heterocycles. The van der Waals surface area contributed by atoms with Crippen LogP contribution in [0.4, 0.5) is 0 Å². The number of carbonyl (C=O) groups is 2. The van der Waals surface area contributed by atoms with E-state index in [-0.39, 0.29) is 29.4 Å². The molecule has 31 heavy (non-hydrogen) atoms. The molecule has 0 unspecified atom stereocenters. The summed E-state index contributed by atoms with van der Waals surface area (Å²) >= 11 is 0. The fraction of sp³-hybridized carbons (Fsp3) is 0.600. The quantitative estimate of drug-likeness (QED) is 0.478. The highest BCUT2D eigenvalue weighted by molar-refractivity contribution is 5.87. The molecule has 0 saturated heterocycles. The number of hydrogen-bond acceptors (Lipinski definition) is 4. The number of aromatic hydroxyl groups is 1. The molecule has 2 atom stereocenters. The molecule has 0 saturated carbocycles. The van der Waals surface area contributed by atoms with Gasteiger partial charge >= 0.3 is 11.9 Å². The van der Waals surface area contributed by atoms with Gasteiger partial charge in [0.15, 0.2) is 0 Å². The van der Waals surface area contributed by atoms with E-state index < -0.39 is 17.5 Å². The number of benzene rings is 1. The summed E-state index contributed by atoms with van der Waals surface area (Å²) in [5.74, 6) is -0.842. The molecule has 2 aliphatic rings. The Morgan fingerprint density at radius 1 is 1.16 bits per heavy atom. The van der Waals surface area contributed by atoms with Crippen LogP contribution in [0.2, 0.25) is 0 Å². The standard InChI is InChI=1S/C25H34O6/c1-24(2,11-7-5-6-8-21(27)28)16-13-19(26)22-17-12-15(23(29)30)9-10-18(17)25(3,4)31-20(22)14-16/h9,13-14,17-18,26H,5-8,10-12H2,1-4H3,(H,27,28)(H,29,30)/t17-,18-/m1/s1. The first-order valence-corrected chi connectivity index (χ1v) is 11.1. The smallest absolute Gasteiger partial charge is 0.331 e. The Balaban J connectivity index is 1.86. The van der Waals surface area contributed by atoms with Gasteiger partial charge in [-0.2, -0.15) is 0 Å². The van der Waals surface area contributed by atoms with E-state index in [0.717, 1.165) is 30.4 Å². The van der Waals surface area contributed by atoms with Crippen molar-refractivity contribution in [2.45, 2.75) is 89.6 Å². The highest BCUT2D eigenvalue weighted by Crippen LogP contribution is 2.55. The van der Waals surface area contributed by atoms with Crippen molar-refractivity contribution < 1.29 is 29.6 Å². The largest absolute Gasteiger partial charge is 0.508 e. The molecular weight excluding hydrogens is 396 g/mol. The normalized spacial score (nSPS) is 22.0. The molecule has 0 aromatic heterocycles. The highest BCUT2D eigenvalue weighted by Gasteiger charge is 2.47. The summed E-state index contributed by atoms with van der Waals surface area (Å²) in [6.07, 6.45) is 6.28. The summed E-state index contributed by atoms with van der Waals surface area (Å²) < 4.78 is 6.37. The molecule has 3 rings (SSSR count). The number of fused-ring (bicyclic) bond motifs is 3. The first kappa shape index (κ1) is 23.2. The van der Waals surface area contributed by atoms with Crippen LogP contribution in [-0.2, 0) is 15.0 Å². The van der Waals surface area contributed by atoms with Crippen LogP contribution >= 0.6 is 0 Å². The number of aliphatic carboxylic acids is 2. The minimum Gasteiger partial charge on any atom is -0.508 e. The first-order valence-electron chi connectivity index (χ1n) is 11.1. The molecule has 0 fully saturated rings. The van der Waals surface area contributed by atoms with E-state index in [9.17, 15) is 19.8 Å². The zero-order valence-electron chi connectivity index (χ0n) is 18.9. The van der Waals surface area contributed by atoms with Crippen molar-refractivity contribution in [2.75, 3.05) is 0 Å². The maximum atomic E-state index is 11.6. The zero-order valence-corrected chi connectivity index (χ0v) is 18.9. The van der Waals surface area contributed by atoms with Crippen molar-refractivity contribution in [1.82, 2.24) is 0 Å². The molecule has 1 aliphatic carbocycles. The maximum absolute atomic E-state index is 11.6. The van der Waals surface area contributed by atoms with Crippen molar-refractivity contribution >= 4 is 11.9 Å². The van der Waals surface area contributed by atoms with Crippen molar-refractivity contribution in [3.05, 3.63) is 34.9 Å². The zero-order chi connectivity index (χ0) is 23.0. The molecule has 170 valence electrons. The second-order valence-corrected chi connectivity index (χ2v) is 10.1. The van der Waals surface area contributed by atoms with Crippen molar-refractivity contribution in [1.29, 1.82) is 0 Å². The van der Waals surface area contributed by atoms with Crippen molar-refractivity contribution in [3.63, 3.8) is 0 Å². The van der Waals surface area contributed by atoms with Gasteiger partial charge in [-0.1, -0.05) is 32.8 Å². The van der Waals surface area contributed by atoms with Gasteiger partial charge in [-0.15, -0.1) is 0 Å². The van der Waals surface area contributed by atoms with Gasteiger partial charge in [0.2, 0.25) is 0 Å². The molecule has 1 heterocycles. The van der Waals surface area contributed by atoms with Gasteiger partial charge in [-0.05, 0) is 62.6 Å². The predicted molar refractivity (Wildman–Crippen MR) is 118 cm³/mol. The lowest BCUT2D eigenvalue weighted by molar-refractivity contribution is -0.137. The number of ether oxygens (including phenoxy) is 1. The molecule has 0 bridgehead atoms. The topological polar surface area (TPSA) is 104 Å². The van der Waals surface area contributed by atoms with E-state index in [0.29, 0.717) is 30.6 Å². The minimum atomic E-state index is -0.899. The molecule has 0 spiro atoms. The van der Waals surface area contributed by atoms with Gasteiger partial charge in [0.25, 0.3) is 0 Å². The Kier molecular flexibility index (Phi) is 6.40. The number of rotatable bonds is 8. The molecular formula is C25H34O6. The Labute approximate surface area is 183 Å². The molecule has 0 radical (unpaired) electrons. The van der Waals surface area contributed by atoms with Crippen LogP contribution in [0.15, 0.2) is 23.8 Å². The van der Waals surface area contributed by atoms with Crippen LogP contribution in [0, 0.1) is 5.92 Å². The third kappa shape index (κ3) is 4.89. The molecule has 1 aromatic carbocycles. The molecule has 3 N–H and O–H groups in total. The maximum Gasteiger partial charge on any atom is 0.331 e. The van der Waals surface area contributed by atoms with Gasteiger partial charge in [0.1, 0.15) is 17.1 Å². The van der Waals surface area contributed by atoms with Crippen LogP contribution in [0.3, 0.4) is 0 Å². The summed E-state index contributed by atoms with van der Waals surface area (Å²) in [6, 6.07) is 3.80. The van der Waals surface area contributed by atoms with Gasteiger partial charge in [0.05, 0.1) is 0 Å². The lowest BCUT2D eigenvalue weighted by atomic mass is 9.66. The average Bonchev–Trinajstić information content (AvgIpc) is 2.66. The molecule has 1 aromatic rings. The second-order valence-electron chi connectivity index (χ2n) is 10.1. The monoisotopic (exact) mass is 430 g/mol. The summed E-state index contributed by atoms with van der Waals surface area (Å²) in [4.78, 5) is 22.2. The van der Waals surface area contributed by atoms with Gasteiger partial charge < -0.3 is 20.1 Å². The fourth-order valence-corrected chi connectivity index (χ4v) is 5.13. The van der Waals surface area contributed by atoms with Crippen molar-refractivity contribution in [2.24, 2.45) is 5.92 Å². The Morgan fingerprint density at radius 2 is 1.87 bits per heavy atom. The number of phenolic OH excluding ortho intramolecular Hbond substituents is 1. The first-order chi connectivity index (χ1) is 14.4. The lowest BCUT2D eigenvalue weighted by Gasteiger charge is -2.47. The highest BCUT2D eigenvalue weighted by atomic mass is 16.5. The number of hydrogen-bond donors (Lipinski definition) is 3. The number of carboxylic acid groups (broad SMARTS) is 2. The van der Waals surface area contributed by atoms with Crippen LogP contribution in [0.25, 0.3) is 0 Å². The van der Waals surface area contributed by atoms with Crippen LogP contribution in [0.5, 0.6) is 11.5 Å². The Morgan fingerprint density at radius 3 is 2.52 bits per heavy atom. The van der Waals surface area contributed by atoms with Gasteiger partial charge in [-0.25, -0.2) is 4.79 Å². The molecule has 6 nitrogen and oxygen atoms in total. The van der Waals surface area contributed by atoms with Crippen molar-refractivity contribution in [3.8, 4) is 11.5 Å². The molecule has 6 heteroatoms. The van der Waals surface area contributed by atoms with E-state index >= 15 is 0 Å². The third-order valence-corrected chi connectivity index (χ3v) is 7.05. The van der Waals surface area contributed by atoms with Gasteiger partial charge in [-0.3, -0.25) is 4.79 Å². The number of unbranched alkanes of at least 4 members (excludes halogenated alkanes) is 2. The summed E-state index contributed by atoms with van der Waals surface area (Å²) in [6.45, 7) is 8.30. The van der Waals surface area contributed by atoms with Gasteiger partial charge in [0, 0.05) is 29.4 Å². The summed E-state index contributed by atoms with van der Waals surface area (Å²) in [5, 5.41) is 29.3. The Bertz CT molecular complexity index is 896.